The van der Waals surface area contributed by atoms with Crippen LogP contribution in [0.4, 0.5) is 11.4 Å². The van der Waals surface area contributed by atoms with Crippen LogP contribution in [0.3, 0.4) is 0 Å². The molecule has 4 aliphatic carbocycles. The van der Waals surface area contributed by atoms with Gasteiger partial charge in [-0.2, -0.15) is 0 Å². The third-order valence-electron chi connectivity index (χ3n) is 8.71. The van der Waals surface area contributed by atoms with Crippen molar-refractivity contribution in [2.45, 2.75) is 38.5 Å². The Morgan fingerprint density at radius 3 is 2.11 bits per heavy atom. The molecule has 0 unspecified atom stereocenters. The molecule has 0 aliphatic heterocycles. The molecule has 0 saturated heterocycles. The van der Waals surface area contributed by atoms with Crippen molar-refractivity contribution >= 4 is 34.2 Å². The fraction of sp³-hybridized carbons (Fsp3) is 0.323. The Morgan fingerprint density at radius 2 is 1.43 bits per heavy atom. The zero-order valence-electron chi connectivity index (χ0n) is 20.7. The summed E-state index contributed by atoms with van der Waals surface area (Å²) in [5.41, 5.74) is 4.62. The van der Waals surface area contributed by atoms with E-state index in [1.54, 1.807) is 12.1 Å². The van der Waals surface area contributed by atoms with E-state index in [2.05, 4.69) is 15.6 Å². The maximum absolute atomic E-state index is 13.4. The van der Waals surface area contributed by atoms with E-state index in [-0.39, 0.29) is 17.2 Å². The maximum Gasteiger partial charge on any atom is 0.255 e. The highest BCUT2D eigenvalue weighted by atomic mass is 16.2. The number of amides is 2. The van der Waals surface area contributed by atoms with Gasteiger partial charge >= 0.3 is 0 Å². The van der Waals surface area contributed by atoms with Crippen LogP contribution in [-0.2, 0) is 4.79 Å². The molecule has 186 valence electrons. The van der Waals surface area contributed by atoms with Crippen LogP contribution in [0.1, 0.15) is 48.9 Å². The number of imidazole rings is 1. The molecule has 37 heavy (non-hydrogen) atoms. The van der Waals surface area contributed by atoms with Crippen LogP contribution >= 0.6 is 0 Å². The number of hydrogen-bond acceptors (Lipinski definition) is 3. The second-order valence-corrected chi connectivity index (χ2v) is 11.4. The molecule has 0 spiro atoms. The molecular weight excluding hydrogens is 460 g/mol. The first-order chi connectivity index (χ1) is 18.0. The summed E-state index contributed by atoms with van der Waals surface area (Å²) in [7, 11) is 0. The van der Waals surface area contributed by atoms with E-state index in [0.717, 1.165) is 65.1 Å². The molecule has 4 aromatic rings. The first-order valence-corrected chi connectivity index (χ1v) is 13.3. The normalized spacial score (nSPS) is 25.8. The third kappa shape index (κ3) is 4.10. The largest absolute Gasteiger partial charge is 0.338 e. The van der Waals surface area contributed by atoms with Crippen LogP contribution < -0.4 is 10.6 Å². The van der Waals surface area contributed by atoms with Gasteiger partial charge in [0.15, 0.2) is 0 Å². The van der Waals surface area contributed by atoms with E-state index in [9.17, 15) is 9.59 Å². The summed E-state index contributed by atoms with van der Waals surface area (Å²) in [5, 5.41) is 6.18. The Balaban J connectivity index is 1.05. The molecule has 6 heteroatoms. The van der Waals surface area contributed by atoms with Crippen LogP contribution in [-0.4, -0.2) is 21.8 Å². The van der Waals surface area contributed by atoms with Gasteiger partial charge < -0.3 is 15.6 Å². The lowest BCUT2D eigenvalue weighted by Gasteiger charge is -2.55. The van der Waals surface area contributed by atoms with Crippen LogP contribution in [0.25, 0.3) is 22.4 Å². The van der Waals surface area contributed by atoms with E-state index in [1.807, 2.05) is 60.7 Å². The van der Waals surface area contributed by atoms with Crippen LogP contribution in [0.2, 0.25) is 0 Å². The first-order valence-electron chi connectivity index (χ1n) is 13.3. The summed E-state index contributed by atoms with van der Waals surface area (Å²) in [5.74, 6) is 3.07. The predicted molar refractivity (Wildman–Crippen MR) is 145 cm³/mol. The molecule has 3 aromatic carbocycles. The molecule has 4 bridgehead atoms. The molecule has 1 heterocycles. The molecule has 0 atom stereocenters. The van der Waals surface area contributed by atoms with Gasteiger partial charge in [-0.3, -0.25) is 9.59 Å². The Labute approximate surface area is 215 Å². The molecule has 3 N–H and O–H groups in total. The topological polar surface area (TPSA) is 86.9 Å². The molecule has 8 rings (SSSR count). The standard InChI is InChI=1S/C31H30N4O2/c36-29(23-4-2-1-3-5-23)32-25-10-11-26-27(15-25)35-28(34-26)22-6-8-24(9-7-22)33-30(37)31-16-19-12-20(17-31)14-21(13-19)18-31/h1-11,15,19-21H,12-14,16-18H2,(H,32,36)(H,33,37)(H,34,35). The van der Waals surface area contributed by atoms with Crippen molar-refractivity contribution in [1.29, 1.82) is 0 Å². The molecule has 6 nitrogen and oxygen atoms in total. The van der Waals surface area contributed by atoms with Crippen molar-refractivity contribution in [3.05, 3.63) is 78.4 Å². The molecular formula is C31H30N4O2. The Morgan fingerprint density at radius 1 is 0.784 bits per heavy atom. The van der Waals surface area contributed by atoms with Gasteiger partial charge in [-0.15, -0.1) is 0 Å². The van der Waals surface area contributed by atoms with E-state index >= 15 is 0 Å². The number of carbonyl (C=O) groups excluding carboxylic acids is 2. The Bertz CT molecular complexity index is 1450. The summed E-state index contributed by atoms with van der Waals surface area (Å²) in [6.07, 6.45) is 7.19. The Kier molecular flexibility index (Phi) is 5.17. The number of fused-ring (bicyclic) bond motifs is 1. The van der Waals surface area contributed by atoms with E-state index < -0.39 is 0 Å². The summed E-state index contributed by atoms with van der Waals surface area (Å²) in [4.78, 5) is 34.0. The van der Waals surface area contributed by atoms with Gasteiger partial charge in [0.25, 0.3) is 5.91 Å². The smallest absolute Gasteiger partial charge is 0.255 e. The van der Waals surface area contributed by atoms with Crippen molar-refractivity contribution < 1.29 is 9.59 Å². The minimum Gasteiger partial charge on any atom is -0.338 e. The molecule has 1 aromatic heterocycles. The van der Waals surface area contributed by atoms with Crippen LogP contribution in [0.5, 0.6) is 0 Å². The second kappa shape index (κ2) is 8.58. The fourth-order valence-electron chi connectivity index (χ4n) is 7.38. The lowest BCUT2D eigenvalue weighted by atomic mass is 9.49. The van der Waals surface area contributed by atoms with Gasteiger partial charge in [0.1, 0.15) is 5.82 Å². The number of carbonyl (C=O) groups is 2. The van der Waals surface area contributed by atoms with E-state index in [0.29, 0.717) is 11.3 Å². The minimum absolute atomic E-state index is 0.147. The van der Waals surface area contributed by atoms with Crippen LogP contribution in [0.15, 0.2) is 72.8 Å². The number of benzene rings is 3. The first kappa shape index (κ1) is 22.3. The van der Waals surface area contributed by atoms with Gasteiger partial charge in [0.05, 0.1) is 16.4 Å². The number of H-pyrrole nitrogens is 1. The SMILES string of the molecule is O=C(Nc1ccc2nc(-c3ccc(NC(=O)C45CC6CC(CC(C6)C4)C5)cc3)[nH]c2c1)c1ccccc1. The molecule has 4 fully saturated rings. The number of rotatable bonds is 5. The van der Waals surface area contributed by atoms with Crippen molar-refractivity contribution in [3.63, 3.8) is 0 Å². The van der Waals surface area contributed by atoms with Gasteiger partial charge in [0, 0.05) is 22.5 Å². The third-order valence-corrected chi connectivity index (χ3v) is 8.71. The lowest BCUT2D eigenvalue weighted by Crippen LogP contribution is -2.51. The van der Waals surface area contributed by atoms with Gasteiger partial charge in [0.2, 0.25) is 5.91 Å². The molecule has 0 radical (unpaired) electrons. The highest BCUT2D eigenvalue weighted by molar-refractivity contribution is 6.05. The van der Waals surface area contributed by atoms with Crippen molar-refractivity contribution in [1.82, 2.24) is 9.97 Å². The number of aromatic amines is 1. The maximum atomic E-state index is 13.4. The zero-order valence-corrected chi connectivity index (χ0v) is 20.7. The predicted octanol–water partition coefficient (Wildman–Crippen LogP) is 6.64. The number of anilines is 2. The van der Waals surface area contributed by atoms with Crippen molar-refractivity contribution in [3.8, 4) is 11.4 Å². The highest BCUT2D eigenvalue weighted by Gasteiger charge is 2.54. The van der Waals surface area contributed by atoms with Crippen molar-refractivity contribution in [2.75, 3.05) is 10.6 Å². The zero-order chi connectivity index (χ0) is 25.0. The van der Waals surface area contributed by atoms with Crippen molar-refractivity contribution in [2.24, 2.45) is 23.2 Å². The summed E-state index contributed by atoms with van der Waals surface area (Å²) >= 11 is 0. The van der Waals surface area contributed by atoms with Gasteiger partial charge in [-0.1, -0.05) is 18.2 Å². The number of nitrogens with one attached hydrogen (secondary N) is 3. The number of hydrogen-bond donors (Lipinski definition) is 3. The number of nitrogens with zero attached hydrogens (tertiary/aromatic N) is 1. The van der Waals surface area contributed by atoms with Crippen LogP contribution in [0, 0.1) is 23.2 Å². The molecule has 2 amide bonds. The quantitative estimate of drug-likeness (QED) is 0.293. The number of aromatic nitrogens is 2. The van der Waals surface area contributed by atoms with Gasteiger partial charge in [-0.05, 0) is 111 Å². The summed E-state index contributed by atoms with van der Waals surface area (Å²) in [6.45, 7) is 0. The summed E-state index contributed by atoms with van der Waals surface area (Å²) < 4.78 is 0. The average Bonchev–Trinajstić information content (AvgIpc) is 3.32. The fourth-order valence-corrected chi connectivity index (χ4v) is 7.38. The Hall–Kier alpha value is -3.93. The van der Waals surface area contributed by atoms with Gasteiger partial charge in [-0.25, -0.2) is 4.98 Å². The second-order valence-electron chi connectivity index (χ2n) is 11.4. The highest BCUT2D eigenvalue weighted by Crippen LogP contribution is 2.60. The van der Waals surface area contributed by atoms with E-state index in [4.69, 9.17) is 4.98 Å². The summed E-state index contributed by atoms with van der Waals surface area (Å²) in [6, 6.07) is 22.7. The molecule has 4 aliphatic rings. The average molecular weight is 491 g/mol. The minimum atomic E-state index is -0.153. The molecule has 4 saturated carbocycles. The lowest BCUT2D eigenvalue weighted by molar-refractivity contribution is -0.140. The van der Waals surface area contributed by atoms with E-state index in [1.165, 1.54) is 19.3 Å². The monoisotopic (exact) mass is 490 g/mol.